The largest absolute Gasteiger partial charge is 0.497 e. The van der Waals surface area contributed by atoms with Gasteiger partial charge in [-0.05, 0) is 73.5 Å². The van der Waals surface area contributed by atoms with E-state index in [0.717, 1.165) is 11.1 Å². The van der Waals surface area contributed by atoms with Gasteiger partial charge in [-0.15, -0.1) is 0 Å². The maximum absolute atomic E-state index is 13.8. The number of aryl methyl sites for hydroxylation is 1. The minimum Gasteiger partial charge on any atom is -0.497 e. The summed E-state index contributed by atoms with van der Waals surface area (Å²) >= 11 is 0. The van der Waals surface area contributed by atoms with Crippen LogP contribution >= 0.6 is 0 Å². The molecule has 1 aliphatic heterocycles. The van der Waals surface area contributed by atoms with Crippen LogP contribution < -0.4 is 30.2 Å². The molecule has 0 spiro atoms. The number of amides is 2. The van der Waals surface area contributed by atoms with Gasteiger partial charge in [0.1, 0.15) is 23.2 Å². The number of fused-ring (bicyclic) bond motifs is 1. The lowest BCUT2D eigenvalue weighted by molar-refractivity contribution is -0.113. The molecule has 10 nitrogen and oxygen atoms in total. The summed E-state index contributed by atoms with van der Waals surface area (Å²) in [6.45, 7) is 3.76. The first kappa shape index (κ1) is 27.3. The molecule has 0 saturated carbocycles. The Hall–Kier alpha value is -5.25. The number of carbonyl (C=O) groups is 2. The second kappa shape index (κ2) is 11.5. The molecule has 3 N–H and O–H groups in total. The van der Waals surface area contributed by atoms with E-state index in [1.807, 2.05) is 37.3 Å². The fourth-order valence-electron chi connectivity index (χ4n) is 4.84. The van der Waals surface area contributed by atoms with E-state index in [4.69, 9.17) is 14.2 Å². The van der Waals surface area contributed by atoms with Gasteiger partial charge in [-0.3, -0.25) is 9.59 Å². The first-order valence-corrected chi connectivity index (χ1v) is 12.9. The predicted molar refractivity (Wildman–Crippen MR) is 157 cm³/mol. The van der Waals surface area contributed by atoms with Crippen LogP contribution in [0.3, 0.4) is 0 Å². The second-order valence-electron chi connectivity index (χ2n) is 9.54. The van der Waals surface area contributed by atoms with Crippen molar-refractivity contribution in [2.75, 3.05) is 37.3 Å². The molecule has 5 rings (SSSR count). The lowest BCUT2D eigenvalue weighted by Gasteiger charge is -2.30. The first-order valence-electron chi connectivity index (χ1n) is 12.9. The van der Waals surface area contributed by atoms with Gasteiger partial charge in [0.2, 0.25) is 0 Å². The van der Waals surface area contributed by atoms with Gasteiger partial charge in [-0.1, -0.05) is 18.2 Å². The van der Waals surface area contributed by atoms with Gasteiger partial charge in [0.25, 0.3) is 11.8 Å². The average Bonchev–Trinajstić information content (AvgIpc) is 3.40. The molecule has 2 amide bonds. The van der Waals surface area contributed by atoms with Crippen molar-refractivity contribution < 1.29 is 23.8 Å². The van der Waals surface area contributed by atoms with Crippen LogP contribution in [-0.4, -0.2) is 42.9 Å². The molecule has 1 atom stereocenters. The smallest absolute Gasteiger partial charge is 0.261 e. The van der Waals surface area contributed by atoms with Crippen molar-refractivity contribution >= 4 is 29.0 Å². The number of hydrogen-bond donors (Lipinski definition) is 3. The minimum absolute atomic E-state index is 0.325. The van der Waals surface area contributed by atoms with E-state index in [9.17, 15) is 9.59 Å². The van der Waals surface area contributed by atoms with E-state index < -0.39 is 6.04 Å². The molecule has 0 fully saturated rings. The first-order chi connectivity index (χ1) is 19.8. The van der Waals surface area contributed by atoms with Crippen molar-refractivity contribution in [3.8, 4) is 17.2 Å². The molecule has 3 aromatic carbocycles. The summed E-state index contributed by atoms with van der Waals surface area (Å²) in [5.41, 5.74) is 4.37. The van der Waals surface area contributed by atoms with Gasteiger partial charge in [0, 0.05) is 17.1 Å². The van der Waals surface area contributed by atoms with Gasteiger partial charge in [0.05, 0.1) is 33.1 Å². The van der Waals surface area contributed by atoms with Crippen LogP contribution in [0.25, 0.3) is 0 Å². The maximum Gasteiger partial charge on any atom is 0.261 e. The molecule has 210 valence electrons. The van der Waals surface area contributed by atoms with E-state index >= 15 is 0 Å². The van der Waals surface area contributed by atoms with Gasteiger partial charge < -0.3 is 30.2 Å². The van der Waals surface area contributed by atoms with Crippen LogP contribution in [0.4, 0.5) is 17.2 Å². The molecule has 2 heterocycles. The molecule has 0 radical (unpaired) electrons. The van der Waals surface area contributed by atoms with Crippen molar-refractivity contribution in [1.29, 1.82) is 0 Å². The fraction of sp³-hybridized carbons (Fsp3) is 0.194. The Morgan fingerprint density at radius 3 is 2.24 bits per heavy atom. The Kier molecular flexibility index (Phi) is 7.64. The van der Waals surface area contributed by atoms with E-state index in [-0.39, 0.29) is 11.8 Å². The normalized spacial score (nSPS) is 14.0. The van der Waals surface area contributed by atoms with Gasteiger partial charge in [-0.2, -0.15) is 5.10 Å². The lowest BCUT2D eigenvalue weighted by atomic mass is 9.94. The summed E-state index contributed by atoms with van der Waals surface area (Å²) in [6, 6.07) is 19.4. The molecular formula is C31H31N5O5. The maximum atomic E-state index is 13.8. The lowest BCUT2D eigenvalue weighted by Crippen LogP contribution is -2.32. The second-order valence-corrected chi connectivity index (χ2v) is 9.54. The summed E-state index contributed by atoms with van der Waals surface area (Å²) in [4.78, 5) is 27.2. The zero-order chi connectivity index (χ0) is 29.1. The number of nitrogens with one attached hydrogen (secondary N) is 3. The average molecular weight is 554 g/mol. The van der Waals surface area contributed by atoms with Crippen molar-refractivity contribution in [3.63, 3.8) is 0 Å². The molecule has 0 bridgehead atoms. The number of rotatable bonds is 8. The third-order valence-corrected chi connectivity index (χ3v) is 6.86. The van der Waals surface area contributed by atoms with Crippen LogP contribution in [0.5, 0.6) is 17.2 Å². The number of nitrogens with zero attached hydrogens (tertiary/aromatic N) is 2. The van der Waals surface area contributed by atoms with E-state index in [1.165, 1.54) is 6.20 Å². The summed E-state index contributed by atoms with van der Waals surface area (Å²) in [5, 5.41) is 13.7. The van der Waals surface area contributed by atoms with E-state index in [1.54, 1.807) is 69.3 Å². The fourth-order valence-corrected chi connectivity index (χ4v) is 4.84. The SMILES string of the molecule is COc1ccc(NC(=O)C2=C(C)Nc3c(C(=O)Nc4cccc(C)c4)cnn3C2c2ccc(OC)c(OC)c2)cc1. The number of ether oxygens (including phenoxy) is 3. The number of hydrogen-bond acceptors (Lipinski definition) is 7. The number of aromatic nitrogens is 2. The van der Waals surface area contributed by atoms with Crippen LogP contribution in [0.2, 0.25) is 0 Å². The number of benzene rings is 3. The highest BCUT2D eigenvalue weighted by atomic mass is 16.5. The van der Waals surface area contributed by atoms with E-state index in [0.29, 0.717) is 51.3 Å². The van der Waals surface area contributed by atoms with Gasteiger partial charge in [0.15, 0.2) is 11.5 Å². The molecule has 0 aliphatic carbocycles. The number of methoxy groups -OCH3 is 3. The summed E-state index contributed by atoms with van der Waals surface area (Å²) in [6.07, 6.45) is 1.50. The summed E-state index contributed by atoms with van der Waals surface area (Å²) < 4.78 is 17.8. The molecule has 1 aliphatic rings. The standard InChI is InChI=1S/C31H31N5O5/c1-18-7-6-8-22(15-18)35-30(37)24-17-32-36-28(20-9-14-25(40-4)26(16-20)41-5)27(19(2)33-29(24)36)31(38)34-21-10-12-23(39-3)13-11-21/h6-17,28,33H,1-5H3,(H,34,38)(H,35,37). The molecule has 10 heteroatoms. The van der Waals surface area contributed by atoms with E-state index in [2.05, 4.69) is 21.0 Å². The molecule has 4 aromatic rings. The Morgan fingerprint density at radius 2 is 1.56 bits per heavy atom. The Bertz CT molecular complexity index is 1640. The summed E-state index contributed by atoms with van der Waals surface area (Å²) in [5.74, 6) is 1.55. The zero-order valence-corrected chi connectivity index (χ0v) is 23.4. The zero-order valence-electron chi connectivity index (χ0n) is 23.4. The van der Waals surface area contributed by atoms with Crippen molar-refractivity contribution in [2.45, 2.75) is 19.9 Å². The molecule has 1 aromatic heterocycles. The van der Waals surface area contributed by atoms with Crippen LogP contribution in [0.1, 0.15) is 34.5 Å². The Labute approximate surface area is 237 Å². The predicted octanol–water partition coefficient (Wildman–Crippen LogP) is 5.40. The Morgan fingerprint density at radius 1 is 0.829 bits per heavy atom. The number of anilines is 3. The van der Waals surface area contributed by atoms with Gasteiger partial charge in [-0.25, -0.2) is 4.68 Å². The van der Waals surface area contributed by atoms with Crippen molar-refractivity contribution in [3.05, 3.63) is 101 Å². The summed E-state index contributed by atoms with van der Waals surface area (Å²) in [7, 11) is 4.69. The van der Waals surface area contributed by atoms with Crippen LogP contribution in [-0.2, 0) is 4.79 Å². The highest BCUT2D eigenvalue weighted by molar-refractivity contribution is 6.09. The van der Waals surface area contributed by atoms with Crippen molar-refractivity contribution in [2.24, 2.45) is 0 Å². The molecule has 41 heavy (non-hydrogen) atoms. The molecular weight excluding hydrogens is 522 g/mol. The topological polar surface area (TPSA) is 116 Å². The number of carbonyl (C=O) groups excluding carboxylic acids is 2. The van der Waals surface area contributed by atoms with Crippen LogP contribution in [0.15, 0.2) is 84.2 Å². The highest BCUT2D eigenvalue weighted by Crippen LogP contribution is 2.40. The number of allylic oxidation sites excluding steroid dienone is 1. The highest BCUT2D eigenvalue weighted by Gasteiger charge is 2.36. The van der Waals surface area contributed by atoms with Crippen molar-refractivity contribution in [1.82, 2.24) is 9.78 Å². The quantitative estimate of drug-likeness (QED) is 0.268. The monoisotopic (exact) mass is 553 g/mol. The third kappa shape index (κ3) is 5.44. The third-order valence-electron chi connectivity index (χ3n) is 6.86. The Balaban J connectivity index is 1.56. The molecule has 0 saturated heterocycles. The van der Waals surface area contributed by atoms with Crippen LogP contribution in [0, 0.1) is 6.92 Å². The molecule has 1 unspecified atom stereocenters. The van der Waals surface area contributed by atoms with Gasteiger partial charge >= 0.3 is 0 Å². The minimum atomic E-state index is -0.676.